The first kappa shape index (κ1) is 20.5. The summed E-state index contributed by atoms with van der Waals surface area (Å²) in [7, 11) is -0.584. The molecule has 0 spiro atoms. The van der Waals surface area contributed by atoms with Gasteiger partial charge in [-0.3, -0.25) is 0 Å². The van der Waals surface area contributed by atoms with Gasteiger partial charge >= 0.3 is 0 Å². The smallest absolute Gasteiger partial charge is 0.240 e. The molecule has 3 rings (SSSR count). The Balaban J connectivity index is 1.51. The number of sulfonamides is 1. The highest BCUT2D eigenvalue weighted by molar-refractivity contribution is 7.89. The number of nitrogens with zero attached hydrogens (tertiary/aromatic N) is 1. The lowest BCUT2D eigenvalue weighted by Crippen LogP contribution is -2.25. The second-order valence-corrected chi connectivity index (χ2v) is 8.65. The summed E-state index contributed by atoms with van der Waals surface area (Å²) in [5.74, 6) is 0.891. The molecule has 0 unspecified atom stereocenters. The van der Waals surface area contributed by atoms with E-state index in [-0.39, 0.29) is 4.90 Å². The van der Waals surface area contributed by atoms with Crippen LogP contribution in [0.15, 0.2) is 47.4 Å². The minimum absolute atomic E-state index is 0.167. The van der Waals surface area contributed by atoms with Crippen LogP contribution in [0.25, 0.3) is 0 Å². The molecule has 0 aliphatic carbocycles. The average molecular weight is 405 g/mol. The number of rotatable bonds is 9. The van der Waals surface area contributed by atoms with Crippen molar-refractivity contribution in [3.8, 4) is 11.5 Å². The summed E-state index contributed by atoms with van der Waals surface area (Å²) in [4.78, 5) is 2.57. The van der Waals surface area contributed by atoms with E-state index in [0.29, 0.717) is 18.0 Å². The number of hydrogen-bond donors (Lipinski definition) is 1. The number of methoxy groups -OCH3 is 2. The van der Waals surface area contributed by atoms with Crippen molar-refractivity contribution in [3.63, 3.8) is 0 Å². The average Bonchev–Trinajstić information content (AvgIpc) is 3.26. The van der Waals surface area contributed by atoms with Crippen LogP contribution < -0.4 is 19.1 Å². The zero-order valence-electron chi connectivity index (χ0n) is 16.5. The molecule has 6 nitrogen and oxygen atoms in total. The topological polar surface area (TPSA) is 67.9 Å². The van der Waals surface area contributed by atoms with Crippen LogP contribution >= 0.6 is 0 Å². The Morgan fingerprint density at radius 3 is 2.29 bits per heavy atom. The number of nitrogens with one attached hydrogen (secondary N) is 1. The molecule has 0 bridgehead atoms. The highest BCUT2D eigenvalue weighted by Gasteiger charge is 2.16. The zero-order valence-corrected chi connectivity index (χ0v) is 17.3. The molecular weight excluding hydrogens is 376 g/mol. The molecule has 0 radical (unpaired) electrons. The third-order valence-electron chi connectivity index (χ3n) is 5.01. The lowest BCUT2D eigenvalue weighted by Gasteiger charge is -2.17. The minimum atomic E-state index is -3.58. The van der Waals surface area contributed by atoms with Gasteiger partial charge in [0.05, 0.1) is 19.1 Å². The van der Waals surface area contributed by atoms with Gasteiger partial charge in [0.15, 0.2) is 11.5 Å². The Bertz CT molecular complexity index is 876. The van der Waals surface area contributed by atoms with Crippen LogP contribution in [0.5, 0.6) is 11.5 Å². The predicted molar refractivity (Wildman–Crippen MR) is 111 cm³/mol. The van der Waals surface area contributed by atoms with Gasteiger partial charge < -0.3 is 14.4 Å². The Morgan fingerprint density at radius 1 is 0.964 bits per heavy atom. The first-order chi connectivity index (χ1) is 13.5. The van der Waals surface area contributed by atoms with Gasteiger partial charge in [0.1, 0.15) is 0 Å². The zero-order chi connectivity index (χ0) is 20.0. The second-order valence-electron chi connectivity index (χ2n) is 6.88. The number of hydrogen-bond acceptors (Lipinski definition) is 5. The van der Waals surface area contributed by atoms with E-state index in [1.807, 2.05) is 0 Å². The van der Waals surface area contributed by atoms with E-state index < -0.39 is 10.0 Å². The van der Waals surface area contributed by atoms with Gasteiger partial charge in [0, 0.05) is 31.4 Å². The van der Waals surface area contributed by atoms with Crippen molar-refractivity contribution in [2.24, 2.45) is 0 Å². The fraction of sp³-hybridized carbons (Fsp3) is 0.429. The fourth-order valence-corrected chi connectivity index (χ4v) is 4.50. The second kappa shape index (κ2) is 9.30. The summed E-state index contributed by atoms with van der Waals surface area (Å²) in [6.45, 7) is 2.65. The highest BCUT2D eigenvalue weighted by Crippen LogP contribution is 2.29. The summed E-state index contributed by atoms with van der Waals surface area (Å²) >= 11 is 0. The fourth-order valence-electron chi connectivity index (χ4n) is 3.41. The van der Waals surface area contributed by atoms with Crippen LogP contribution in [0, 0.1) is 0 Å². The number of benzene rings is 2. The van der Waals surface area contributed by atoms with Crippen LogP contribution in [0.3, 0.4) is 0 Å². The maximum atomic E-state index is 12.5. The maximum Gasteiger partial charge on any atom is 0.240 e. The van der Waals surface area contributed by atoms with Gasteiger partial charge in [-0.1, -0.05) is 12.1 Å². The molecule has 0 aromatic heterocycles. The van der Waals surface area contributed by atoms with Crippen molar-refractivity contribution >= 4 is 15.7 Å². The molecule has 1 heterocycles. The summed E-state index contributed by atoms with van der Waals surface area (Å²) < 4.78 is 38.0. The molecule has 1 N–H and O–H groups in total. The highest BCUT2D eigenvalue weighted by atomic mass is 32.2. The van der Waals surface area contributed by atoms with Crippen LogP contribution in [0.1, 0.15) is 24.8 Å². The van der Waals surface area contributed by atoms with Gasteiger partial charge in [0.2, 0.25) is 10.0 Å². The molecule has 28 heavy (non-hydrogen) atoms. The van der Waals surface area contributed by atoms with Crippen molar-refractivity contribution in [1.29, 1.82) is 0 Å². The lowest BCUT2D eigenvalue weighted by atomic mass is 10.1. The van der Waals surface area contributed by atoms with Crippen LogP contribution in [0.2, 0.25) is 0 Å². The van der Waals surface area contributed by atoms with Gasteiger partial charge in [-0.25, -0.2) is 13.1 Å². The maximum absolute atomic E-state index is 12.5. The first-order valence-electron chi connectivity index (χ1n) is 9.59. The molecule has 0 saturated carbocycles. The van der Waals surface area contributed by atoms with E-state index in [0.717, 1.165) is 25.9 Å². The molecule has 1 fully saturated rings. The molecule has 7 heteroatoms. The van der Waals surface area contributed by atoms with E-state index in [1.54, 1.807) is 6.07 Å². The number of aryl methyl sites for hydroxylation is 1. The summed E-state index contributed by atoms with van der Waals surface area (Å²) in [6, 6.07) is 13.2. The van der Waals surface area contributed by atoms with Gasteiger partial charge in [-0.15, -0.1) is 0 Å². The SMILES string of the molecule is COc1ccc(S(=O)(=O)NCCCc2ccc(N3CCCC3)cc2)cc1OC. The molecule has 1 aliphatic rings. The van der Waals surface area contributed by atoms with Crippen molar-refractivity contribution in [1.82, 2.24) is 4.72 Å². The Labute approximate surface area is 167 Å². The Morgan fingerprint density at radius 2 is 1.64 bits per heavy atom. The van der Waals surface area contributed by atoms with Gasteiger partial charge in [0.25, 0.3) is 0 Å². The Hall–Kier alpha value is -2.25. The van der Waals surface area contributed by atoms with Crippen molar-refractivity contribution in [2.45, 2.75) is 30.6 Å². The van der Waals surface area contributed by atoms with E-state index in [9.17, 15) is 8.42 Å². The van der Waals surface area contributed by atoms with Crippen LogP contribution in [-0.4, -0.2) is 42.3 Å². The van der Waals surface area contributed by atoms with Crippen molar-refractivity contribution in [2.75, 3.05) is 38.8 Å². The molecule has 2 aromatic carbocycles. The molecule has 1 aliphatic heterocycles. The molecule has 0 amide bonds. The third kappa shape index (κ3) is 4.97. The number of anilines is 1. The third-order valence-corrected chi connectivity index (χ3v) is 6.47. The van der Waals surface area contributed by atoms with E-state index in [1.165, 1.54) is 50.4 Å². The standard InChI is InChI=1S/C21H28N2O4S/c1-26-20-12-11-19(16-21(20)27-2)28(24,25)22-13-5-6-17-7-9-18(10-8-17)23-14-3-4-15-23/h7-12,16,22H,3-6,13-15H2,1-2H3. The molecule has 0 atom stereocenters. The Kier molecular flexibility index (Phi) is 6.80. The predicted octanol–water partition coefficient (Wildman–Crippen LogP) is 3.22. The monoisotopic (exact) mass is 404 g/mol. The molecule has 1 saturated heterocycles. The van der Waals surface area contributed by atoms with Crippen LogP contribution in [0.4, 0.5) is 5.69 Å². The quantitative estimate of drug-likeness (QED) is 0.650. The van der Waals surface area contributed by atoms with Crippen molar-refractivity contribution < 1.29 is 17.9 Å². The molecular formula is C21H28N2O4S. The van der Waals surface area contributed by atoms with Gasteiger partial charge in [-0.05, 0) is 55.5 Å². The van der Waals surface area contributed by atoms with Crippen LogP contribution in [-0.2, 0) is 16.4 Å². The largest absolute Gasteiger partial charge is 0.493 e. The van der Waals surface area contributed by atoms with E-state index in [4.69, 9.17) is 9.47 Å². The summed E-state index contributed by atoms with van der Waals surface area (Å²) in [5.41, 5.74) is 2.49. The normalized spacial score (nSPS) is 14.3. The lowest BCUT2D eigenvalue weighted by molar-refractivity contribution is 0.354. The van der Waals surface area contributed by atoms with E-state index >= 15 is 0 Å². The van der Waals surface area contributed by atoms with E-state index in [2.05, 4.69) is 33.9 Å². The summed E-state index contributed by atoms with van der Waals surface area (Å²) in [6.07, 6.45) is 4.09. The van der Waals surface area contributed by atoms with Crippen molar-refractivity contribution in [3.05, 3.63) is 48.0 Å². The summed E-state index contributed by atoms with van der Waals surface area (Å²) in [5, 5.41) is 0. The molecule has 2 aromatic rings. The molecule has 152 valence electrons. The first-order valence-corrected chi connectivity index (χ1v) is 11.1. The number of ether oxygens (including phenoxy) is 2. The minimum Gasteiger partial charge on any atom is -0.493 e. The van der Waals surface area contributed by atoms with Gasteiger partial charge in [-0.2, -0.15) is 0 Å².